The molecule has 0 saturated carbocycles. The van der Waals surface area contributed by atoms with Crippen LogP contribution >= 0.6 is 0 Å². The third-order valence-corrected chi connectivity index (χ3v) is 3.03. The Labute approximate surface area is 84.9 Å². The maximum absolute atomic E-state index is 11.1. The van der Waals surface area contributed by atoms with Crippen molar-refractivity contribution in [3.63, 3.8) is 0 Å². The highest BCUT2D eigenvalue weighted by Gasteiger charge is 2.07. The van der Waals surface area contributed by atoms with Crippen LogP contribution in [0.3, 0.4) is 0 Å². The number of hydrogen-bond acceptors (Lipinski definition) is 4. The van der Waals surface area contributed by atoms with Crippen LogP contribution in [-0.4, -0.2) is 33.3 Å². The molecule has 0 atom stereocenters. The van der Waals surface area contributed by atoms with Crippen LogP contribution in [0.1, 0.15) is 26.7 Å². The number of ether oxygens (including phenoxy) is 1. The van der Waals surface area contributed by atoms with E-state index in [9.17, 15) is 13.2 Å². The Morgan fingerprint density at radius 2 is 2.00 bits per heavy atom. The molecule has 0 heterocycles. The van der Waals surface area contributed by atoms with Gasteiger partial charge in [-0.2, -0.15) is 0 Å². The van der Waals surface area contributed by atoms with Gasteiger partial charge in [0.2, 0.25) is 10.0 Å². The van der Waals surface area contributed by atoms with Gasteiger partial charge in [-0.05, 0) is 12.8 Å². The van der Waals surface area contributed by atoms with Gasteiger partial charge in [0.25, 0.3) is 0 Å². The fourth-order valence-electron chi connectivity index (χ4n) is 0.902. The minimum Gasteiger partial charge on any atom is -0.466 e. The molecular formula is C8H17NO4S. The molecule has 0 aliphatic heterocycles. The normalized spacial score (nSPS) is 11.3. The summed E-state index contributed by atoms with van der Waals surface area (Å²) in [4.78, 5) is 10.4. The molecule has 0 aromatic heterocycles. The molecule has 0 aliphatic rings. The Morgan fingerprint density at radius 3 is 2.50 bits per heavy atom. The number of nitrogens with one attached hydrogen (secondary N) is 1. The van der Waals surface area contributed by atoms with Gasteiger partial charge in [0.05, 0.1) is 12.4 Å². The highest BCUT2D eigenvalue weighted by molar-refractivity contribution is 7.89. The number of carbonyl (C=O) groups excluding carboxylic acids is 1. The van der Waals surface area contributed by atoms with E-state index in [0.29, 0.717) is 19.4 Å². The van der Waals surface area contributed by atoms with Gasteiger partial charge in [-0.25, -0.2) is 13.1 Å². The van der Waals surface area contributed by atoms with E-state index in [1.807, 2.05) is 0 Å². The first-order valence-corrected chi connectivity index (χ1v) is 6.24. The Morgan fingerprint density at radius 1 is 1.36 bits per heavy atom. The molecule has 0 fully saturated rings. The van der Waals surface area contributed by atoms with Crippen molar-refractivity contribution in [2.24, 2.45) is 0 Å². The van der Waals surface area contributed by atoms with E-state index in [1.165, 1.54) is 6.92 Å². The lowest BCUT2D eigenvalue weighted by Gasteiger charge is -2.04. The van der Waals surface area contributed by atoms with Crippen LogP contribution in [0.5, 0.6) is 0 Å². The number of carbonyl (C=O) groups is 1. The van der Waals surface area contributed by atoms with Gasteiger partial charge in [-0.3, -0.25) is 4.79 Å². The average molecular weight is 223 g/mol. The zero-order chi connectivity index (χ0) is 11.0. The van der Waals surface area contributed by atoms with Gasteiger partial charge >= 0.3 is 5.97 Å². The summed E-state index contributed by atoms with van der Waals surface area (Å²) in [6, 6.07) is 0. The molecule has 0 aromatic rings. The van der Waals surface area contributed by atoms with E-state index in [1.54, 1.807) is 6.92 Å². The molecule has 0 unspecified atom stereocenters. The first kappa shape index (κ1) is 13.4. The molecule has 0 saturated heterocycles. The van der Waals surface area contributed by atoms with E-state index < -0.39 is 10.0 Å². The summed E-state index contributed by atoms with van der Waals surface area (Å²) in [6.07, 6.45) is 1.08. The fraction of sp³-hybridized carbons (Fsp3) is 0.875. The molecule has 1 N–H and O–H groups in total. The Balaban J connectivity index is 3.49. The minimum atomic E-state index is -3.12. The van der Waals surface area contributed by atoms with E-state index in [-0.39, 0.29) is 18.3 Å². The van der Waals surface area contributed by atoms with E-state index in [2.05, 4.69) is 9.46 Å². The highest BCUT2D eigenvalue weighted by atomic mass is 32.2. The maximum Gasteiger partial charge on any atom is 0.302 e. The van der Waals surface area contributed by atoms with Gasteiger partial charge in [0, 0.05) is 13.5 Å². The van der Waals surface area contributed by atoms with Crippen molar-refractivity contribution in [3.05, 3.63) is 0 Å². The topological polar surface area (TPSA) is 72.5 Å². The lowest BCUT2D eigenvalue weighted by molar-refractivity contribution is -0.141. The zero-order valence-electron chi connectivity index (χ0n) is 8.58. The second-order valence-corrected chi connectivity index (χ2v) is 4.79. The lowest BCUT2D eigenvalue weighted by Crippen LogP contribution is -2.26. The first-order chi connectivity index (χ1) is 6.48. The third kappa shape index (κ3) is 8.00. The number of esters is 1. The van der Waals surface area contributed by atoms with Crippen molar-refractivity contribution >= 4 is 16.0 Å². The molecule has 14 heavy (non-hydrogen) atoms. The summed E-state index contributed by atoms with van der Waals surface area (Å²) in [7, 11) is -3.12. The highest BCUT2D eigenvalue weighted by Crippen LogP contribution is 1.95. The lowest BCUT2D eigenvalue weighted by atomic mass is 10.4. The van der Waals surface area contributed by atoms with Crippen molar-refractivity contribution in [1.29, 1.82) is 0 Å². The SMILES string of the molecule is CCNS(=O)(=O)CCCCOC(C)=O. The summed E-state index contributed by atoms with van der Waals surface area (Å²) in [5.41, 5.74) is 0. The second kappa shape index (κ2) is 6.78. The predicted octanol–water partition coefficient (Wildman–Crippen LogP) is 0.269. The van der Waals surface area contributed by atoms with Crippen LogP contribution in [0.2, 0.25) is 0 Å². The number of unbranched alkanes of at least 4 members (excludes halogenated alkanes) is 1. The van der Waals surface area contributed by atoms with E-state index in [4.69, 9.17) is 0 Å². The molecule has 0 aliphatic carbocycles. The van der Waals surface area contributed by atoms with Crippen molar-refractivity contribution in [2.75, 3.05) is 18.9 Å². The molecule has 6 heteroatoms. The summed E-state index contributed by atoms with van der Waals surface area (Å²) in [5.74, 6) is -0.248. The standard InChI is InChI=1S/C8H17NO4S/c1-3-9-14(11,12)7-5-4-6-13-8(2)10/h9H,3-7H2,1-2H3. The van der Waals surface area contributed by atoms with Crippen molar-refractivity contribution in [1.82, 2.24) is 4.72 Å². The molecule has 0 rings (SSSR count). The van der Waals surface area contributed by atoms with Gasteiger partial charge in [-0.1, -0.05) is 6.92 Å². The van der Waals surface area contributed by atoms with Crippen LogP contribution in [0.4, 0.5) is 0 Å². The number of hydrogen-bond donors (Lipinski definition) is 1. The zero-order valence-corrected chi connectivity index (χ0v) is 9.39. The number of sulfonamides is 1. The Kier molecular flexibility index (Phi) is 6.48. The van der Waals surface area contributed by atoms with Crippen LogP contribution in [-0.2, 0) is 19.6 Å². The van der Waals surface area contributed by atoms with Gasteiger partial charge in [-0.15, -0.1) is 0 Å². The summed E-state index contributed by atoms with van der Waals surface area (Å²) in [6.45, 7) is 3.76. The van der Waals surface area contributed by atoms with E-state index >= 15 is 0 Å². The largest absolute Gasteiger partial charge is 0.466 e. The second-order valence-electron chi connectivity index (χ2n) is 2.86. The first-order valence-electron chi connectivity index (χ1n) is 4.58. The third-order valence-electron chi connectivity index (χ3n) is 1.48. The quantitative estimate of drug-likeness (QED) is 0.496. The molecular weight excluding hydrogens is 206 g/mol. The molecule has 84 valence electrons. The van der Waals surface area contributed by atoms with E-state index in [0.717, 1.165) is 0 Å². The molecule has 0 amide bonds. The monoisotopic (exact) mass is 223 g/mol. The smallest absolute Gasteiger partial charge is 0.302 e. The van der Waals surface area contributed by atoms with Crippen LogP contribution in [0.25, 0.3) is 0 Å². The van der Waals surface area contributed by atoms with Crippen LogP contribution in [0, 0.1) is 0 Å². The molecule has 0 aromatic carbocycles. The Hall–Kier alpha value is -0.620. The number of rotatable bonds is 7. The van der Waals surface area contributed by atoms with Gasteiger partial charge < -0.3 is 4.74 Å². The van der Waals surface area contributed by atoms with Gasteiger partial charge in [0.1, 0.15) is 0 Å². The summed E-state index contributed by atoms with van der Waals surface area (Å²) < 4.78 is 29.3. The Bertz CT molecular complexity index is 261. The summed E-state index contributed by atoms with van der Waals surface area (Å²) >= 11 is 0. The summed E-state index contributed by atoms with van der Waals surface area (Å²) in [5, 5.41) is 0. The molecule has 5 nitrogen and oxygen atoms in total. The van der Waals surface area contributed by atoms with Crippen LogP contribution < -0.4 is 4.72 Å². The predicted molar refractivity (Wildman–Crippen MR) is 53.3 cm³/mol. The minimum absolute atomic E-state index is 0.0854. The fourth-order valence-corrected chi connectivity index (χ4v) is 2.07. The van der Waals surface area contributed by atoms with Crippen LogP contribution in [0.15, 0.2) is 0 Å². The molecule has 0 spiro atoms. The van der Waals surface area contributed by atoms with Gasteiger partial charge in [0.15, 0.2) is 0 Å². The van der Waals surface area contributed by atoms with Crippen molar-refractivity contribution < 1.29 is 17.9 Å². The van der Waals surface area contributed by atoms with Crippen molar-refractivity contribution in [2.45, 2.75) is 26.7 Å². The molecule has 0 bridgehead atoms. The maximum atomic E-state index is 11.1. The molecule has 0 radical (unpaired) electrons. The average Bonchev–Trinajstić information content (AvgIpc) is 2.02. The van der Waals surface area contributed by atoms with Crippen molar-refractivity contribution in [3.8, 4) is 0 Å².